The fourth-order valence-corrected chi connectivity index (χ4v) is 3.81. The van der Waals surface area contributed by atoms with Crippen LogP contribution in [0.1, 0.15) is 0 Å². The smallest absolute Gasteiger partial charge is 0.418 e. The topological polar surface area (TPSA) is 83.9 Å². The van der Waals surface area contributed by atoms with Crippen molar-refractivity contribution in [3.63, 3.8) is 0 Å². The number of nitrogens with zero attached hydrogens (tertiary/aromatic N) is 1. The Balaban J connectivity index is 0.00000225. The normalized spacial score (nSPS) is 10.5. The number of halogens is 1. The van der Waals surface area contributed by atoms with Crippen LogP contribution in [0.4, 0.5) is 5.69 Å². The molecular weight excluding hydrogens is 402 g/mol. The van der Waals surface area contributed by atoms with E-state index in [-0.39, 0.29) is 23.8 Å². The van der Waals surface area contributed by atoms with Crippen LogP contribution in [0.15, 0.2) is 65.1 Å². The lowest BCUT2D eigenvalue weighted by Gasteiger charge is -1.99. The molecule has 28 heavy (non-hydrogen) atoms. The maximum Gasteiger partial charge on any atom is 0.418 e. The van der Waals surface area contributed by atoms with Gasteiger partial charge in [-0.2, -0.15) is 4.42 Å². The molecule has 0 aliphatic carbocycles. The molecule has 3 aromatic carbocycles. The molecule has 0 fully saturated rings. The lowest BCUT2D eigenvalue weighted by molar-refractivity contribution is -0.384. The molecule has 4 rings (SSSR count). The van der Waals surface area contributed by atoms with Crippen molar-refractivity contribution in [3.05, 3.63) is 70.8 Å². The summed E-state index contributed by atoms with van der Waals surface area (Å²) in [6.45, 7) is 0. The van der Waals surface area contributed by atoms with Gasteiger partial charge in [0.1, 0.15) is 16.2 Å². The zero-order chi connectivity index (χ0) is 19.0. The average molecular weight is 416 g/mol. The van der Waals surface area contributed by atoms with Crippen molar-refractivity contribution in [2.24, 2.45) is 0 Å². The third kappa shape index (κ3) is 3.62. The summed E-state index contributed by atoms with van der Waals surface area (Å²) in [6.07, 6.45) is 0. The molecule has 8 heteroatoms. The van der Waals surface area contributed by atoms with E-state index in [1.807, 2.05) is 24.3 Å². The van der Waals surface area contributed by atoms with Gasteiger partial charge in [0.05, 0.1) is 23.2 Å². The highest BCUT2D eigenvalue weighted by Crippen LogP contribution is 2.41. The summed E-state index contributed by atoms with van der Waals surface area (Å²) in [5, 5.41) is 21.7. The van der Waals surface area contributed by atoms with Crippen molar-refractivity contribution in [3.8, 4) is 33.3 Å². The number of phenolic OH excluding ortho intramolecular Hbond substituents is 1. The molecule has 0 bridgehead atoms. The number of ether oxygens (including phenoxy) is 1. The molecule has 0 saturated carbocycles. The molecule has 1 N–H and O–H groups in total. The van der Waals surface area contributed by atoms with Crippen molar-refractivity contribution >= 4 is 27.3 Å². The minimum Gasteiger partial charge on any atom is -1.00 e. The fourth-order valence-electron chi connectivity index (χ4n) is 2.80. The van der Waals surface area contributed by atoms with Gasteiger partial charge in [-0.3, -0.25) is 10.1 Å². The maximum absolute atomic E-state index is 10.9. The van der Waals surface area contributed by atoms with Crippen LogP contribution in [0.5, 0.6) is 11.5 Å². The Kier molecular flexibility index (Phi) is 5.48. The van der Waals surface area contributed by atoms with Gasteiger partial charge in [0.2, 0.25) is 0 Å². The molecule has 6 nitrogen and oxygen atoms in total. The zero-order valence-electron chi connectivity index (χ0n) is 14.6. The third-order valence-electron chi connectivity index (χ3n) is 4.15. The van der Waals surface area contributed by atoms with E-state index in [1.165, 1.54) is 23.5 Å². The van der Waals surface area contributed by atoms with Crippen LogP contribution in [-0.2, 0) is 0 Å². The Bertz CT molecular complexity index is 1140. The molecule has 1 heterocycles. The zero-order valence-corrected chi connectivity index (χ0v) is 16.2. The summed E-state index contributed by atoms with van der Waals surface area (Å²) in [4.78, 5) is 10.4. The summed E-state index contributed by atoms with van der Waals surface area (Å²) < 4.78 is 12.0. The van der Waals surface area contributed by atoms with Gasteiger partial charge in [-0.25, -0.2) is 0 Å². The van der Waals surface area contributed by atoms with Crippen molar-refractivity contribution in [1.29, 1.82) is 0 Å². The molecule has 4 aromatic rings. The van der Waals surface area contributed by atoms with E-state index >= 15 is 0 Å². The Morgan fingerprint density at radius 1 is 1.04 bits per heavy atom. The number of fused-ring (bicyclic) bond motifs is 1. The van der Waals surface area contributed by atoms with Crippen LogP contribution < -0.4 is 17.1 Å². The molecule has 0 amide bonds. The van der Waals surface area contributed by atoms with E-state index in [9.17, 15) is 15.2 Å². The van der Waals surface area contributed by atoms with Crippen LogP contribution in [0.2, 0.25) is 0 Å². The van der Waals surface area contributed by atoms with E-state index < -0.39 is 4.92 Å². The Hall–Kier alpha value is -3.16. The molecule has 0 spiro atoms. The van der Waals surface area contributed by atoms with E-state index in [2.05, 4.69) is 0 Å². The maximum atomic E-state index is 10.9. The lowest BCUT2D eigenvalue weighted by atomic mass is 10.0. The highest BCUT2D eigenvalue weighted by atomic mass is 35.5. The Labute approximate surface area is 170 Å². The summed E-state index contributed by atoms with van der Waals surface area (Å²) in [6, 6.07) is 16.9. The number of aromatic hydroxyl groups is 1. The molecular formula is C20H14ClNO5S. The summed E-state index contributed by atoms with van der Waals surface area (Å²) >= 11 is 1.42. The Morgan fingerprint density at radius 2 is 1.68 bits per heavy atom. The highest BCUT2D eigenvalue weighted by molar-refractivity contribution is 7.21. The van der Waals surface area contributed by atoms with Crippen molar-refractivity contribution in [2.75, 3.05) is 7.11 Å². The number of phenols is 1. The SMILES string of the molecule is COc1ccc(-c2[o+]c3c(-c4ccc([N+](=O)[O-])cc4)cc(O)cc3s2)cc1.[Cl-]. The lowest BCUT2D eigenvalue weighted by Crippen LogP contribution is -3.00. The van der Waals surface area contributed by atoms with E-state index in [0.29, 0.717) is 16.2 Å². The molecule has 1 aromatic heterocycles. The molecule has 0 aliphatic heterocycles. The van der Waals surface area contributed by atoms with Gasteiger partial charge in [-0.05, 0) is 59.4 Å². The number of benzene rings is 3. The number of hydrogen-bond acceptors (Lipinski definition) is 5. The van der Waals surface area contributed by atoms with Crippen molar-refractivity contribution in [1.82, 2.24) is 0 Å². The quantitative estimate of drug-likeness (QED) is 0.315. The predicted octanol–water partition coefficient (Wildman–Crippen LogP) is 2.74. The number of non-ortho nitro benzene ring substituents is 1. The second kappa shape index (κ2) is 7.84. The standard InChI is InChI=1S/C20H13NO5S.ClH/c1-25-16-8-4-13(5-9-16)20-26-19-17(10-15(22)11-18(19)27-20)12-2-6-14(7-3-12)21(23)24;/h2-11H,1H3;1H. The molecule has 0 atom stereocenters. The summed E-state index contributed by atoms with van der Waals surface area (Å²) in [5.74, 6) is 0.859. The van der Waals surface area contributed by atoms with Crippen LogP contribution in [0.25, 0.3) is 32.0 Å². The van der Waals surface area contributed by atoms with E-state index in [1.54, 1.807) is 31.4 Å². The van der Waals surface area contributed by atoms with E-state index in [4.69, 9.17) is 9.15 Å². The number of hydrogen-bond donors (Lipinski definition) is 1. The van der Waals surface area contributed by atoms with Crippen LogP contribution in [0.3, 0.4) is 0 Å². The number of nitro groups is 1. The van der Waals surface area contributed by atoms with Gasteiger partial charge in [-0.15, -0.1) is 0 Å². The average Bonchev–Trinajstić information content (AvgIpc) is 3.11. The number of nitro benzene ring substituents is 1. The largest absolute Gasteiger partial charge is 1.00 e. The highest BCUT2D eigenvalue weighted by Gasteiger charge is 2.25. The van der Waals surface area contributed by atoms with Crippen LogP contribution >= 0.6 is 11.3 Å². The van der Waals surface area contributed by atoms with E-state index in [0.717, 1.165) is 21.6 Å². The monoisotopic (exact) mass is 415 g/mol. The van der Waals surface area contributed by atoms with Crippen molar-refractivity contribution < 1.29 is 31.6 Å². The molecule has 0 aliphatic rings. The van der Waals surface area contributed by atoms with Crippen LogP contribution in [0, 0.1) is 10.1 Å². The van der Waals surface area contributed by atoms with Gasteiger partial charge in [0.15, 0.2) is 0 Å². The minimum atomic E-state index is -0.446. The molecule has 142 valence electrons. The summed E-state index contributed by atoms with van der Waals surface area (Å²) in [7, 11) is 1.61. The first-order chi connectivity index (χ1) is 13.0. The van der Waals surface area contributed by atoms with Gasteiger partial charge >= 0.3 is 10.7 Å². The summed E-state index contributed by atoms with van der Waals surface area (Å²) in [5.41, 5.74) is 2.93. The van der Waals surface area contributed by atoms with Crippen molar-refractivity contribution in [2.45, 2.75) is 0 Å². The number of rotatable bonds is 4. The van der Waals surface area contributed by atoms with Gasteiger partial charge in [0, 0.05) is 18.2 Å². The second-order valence-corrected chi connectivity index (χ2v) is 6.86. The molecule has 0 unspecified atom stereocenters. The van der Waals surface area contributed by atoms with Gasteiger partial charge < -0.3 is 22.3 Å². The predicted molar refractivity (Wildman–Crippen MR) is 104 cm³/mol. The first kappa shape index (κ1) is 19.6. The minimum absolute atomic E-state index is 0. The van der Waals surface area contributed by atoms with Gasteiger partial charge in [-0.1, -0.05) is 0 Å². The third-order valence-corrected chi connectivity index (χ3v) is 5.18. The first-order valence-electron chi connectivity index (χ1n) is 8.04. The first-order valence-corrected chi connectivity index (χ1v) is 8.86. The van der Waals surface area contributed by atoms with Gasteiger partial charge in [0.25, 0.3) is 5.69 Å². The second-order valence-electron chi connectivity index (χ2n) is 5.84. The molecule has 0 radical (unpaired) electrons. The molecule has 0 saturated heterocycles. The number of methoxy groups -OCH3 is 1. The fraction of sp³-hybridized carbons (Fsp3) is 0.0500. The Morgan fingerprint density at radius 3 is 2.29 bits per heavy atom. The van der Waals surface area contributed by atoms with Crippen LogP contribution in [-0.4, -0.2) is 17.1 Å².